The third-order valence-corrected chi connectivity index (χ3v) is 7.68. The molecule has 1 heterocycles. The number of urea groups is 1. The highest BCUT2D eigenvalue weighted by molar-refractivity contribution is 5.74. The number of amides is 2. The van der Waals surface area contributed by atoms with Crippen molar-refractivity contribution in [2.45, 2.75) is 75.3 Å². The first-order valence-electron chi connectivity index (χ1n) is 13.5. The first kappa shape index (κ1) is 31.3. The van der Waals surface area contributed by atoms with E-state index in [0.29, 0.717) is 57.4 Å². The molecule has 0 aromatic heterocycles. The van der Waals surface area contributed by atoms with Crippen molar-refractivity contribution in [2.24, 2.45) is 11.8 Å². The standard InChI is InChI=1S/C27H40F5N3O4/c1-33-17-22(13-19-15-25(28,29)16-19)34-24(36)35-11-6-8-21(18-35)26(37,10-3-4-12-38-2)20-7-5-9-23(14-20)39-27(30,31)32/h5,7,9,14,19,21-22,33,37H,3-4,6,8,10-13,15-18H2,1-2H3,(H,34,36)/t21-,22+,26-/m1/s1. The first-order valence-corrected chi connectivity index (χ1v) is 13.5. The van der Waals surface area contributed by atoms with Gasteiger partial charge in [-0.3, -0.25) is 0 Å². The van der Waals surface area contributed by atoms with Crippen molar-refractivity contribution in [1.29, 1.82) is 0 Å². The van der Waals surface area contributed by atoms with Crippen LogP contribution in [0.4, 0.5) is 26.7 Å². The van der Waals surface area contributed by atoms with E-state index in [0.717, 1.165) is 0 Å². The normalized spacial score (nSPS) is 22.1. The summed E-state index contributed by atoms with van der Waals surface area (Å²) >= 11 is 0. The second-order valence-electron chi connectivity index (χ2n) is 10.8. The summed E-state index contributed by atoms with van der Waals surface area (Å²) in [5.41, 5.74) is -1.20. The number of carbonyl (C=O) groups is 1. The molecule has 12 heteroatoms. The van der Waals surface area contributed by atoms with Crippen molar-refractivity contribution in [3.8, 4) is 5.75 Å². The summed E-state index contributed by atoms with van der Waals surface area (Å²) in [5.74, 6) is -3.64. The van der Waals surface area contributed by atoms with E-state index in [2.05, 4.69) is 15.4 Å². The molecule has 1 aliphatic heterocycles. The van der Waals surface area contributed by atoms with Crippen molar-refractivity contribution < 1.29 is 41.3 Å². The van der Waals surface area contributed by atoms with Crippen LogP contribution >= 0.6 is 0 Å². The minimum atomic E-state index is -4.87. The molecule has 222 valence electrons. The topological polar surface area (TPSA) is 83.1 Å². The maximum atomic E-state index is 13.3. The molecule has 0 unspecified atom stereocenters. The number of likely N-dealkylation sites (N-methyl/N-ethyl adjacent to an activating group) is 1. The first-order chi connectivity index (χ1) is 18.3. The Morgan fingerprint density at radius 1 is 1.26 bits per heavy atom. The number of piperidine rings is 1. The van der Waals surface area contributed by atoms with E-state index < -0.39 is 29.6 Å². The molecule has 2 amide bonds. The van der Waals surface area contributed by atoms with Crippen LogP contribution in [-0.2, 0) is 10.3 Å². The summed E-state index contributed by atoms with van der Waals surface area (Å²) in [5, 5.41) is 17.9. The van der Waals surface area contributed by atoms with E-state index in [4.69, 9.17) is 4.74 Å². The number of benzene rings is 1. The molecule has 3 N–H and O–H groups in total. The maximum absolute atomic E-state index is 13.3. The SMILES string of the molecule is CNC[C@H](CC1CC(F)(F)C1)NC(=O)N1CCC[C@@H]([C@@](O)(CCCCOC)c2cccc(OC(F)(F)F)c2)C1. The Bertz CT molecular complexity index is 927. The number of aliphatic hydroxyl groups is 1. The lowest BCUT2D eigenvalue weighted by Crippen LogP contribution is -2.54. The summed E-state index contributed by atoms with van der Waals surface area (Å²) in [7, 11) is 3.30. The van der Waals surface area contributed by atoms with Crippen LogP contribution in [0.15, 0.2) is 24.3 Å². The number of carbonyl (C=O) groups excluding carboxylic acids is 1. The van der Waals surface area contributed by atoms with Crippen LogP contribution < -0.4 is 15.4 Å². The Morgan fingerprint density at radius 2 is 2.00 bits per heavy atom. The van der Waals surface area contributed by atoms with E-state index in [9.17, 15) is 31.9 Å². The molecule has 1 saturated heterocycles. The van der Waals surface area contributed by atoms with Gasteiger partial charge >= 0.3 is 12.4 Å². The molecule has 1 aromatic rings. The fourth-order valence-corrected chi connectivity index (χ4v) is 5.80. The molecule has 1 aromatic carbocycles. The van der Waals surface area contributed by atoms with Crippen LogP contribution in [0.1, 0.15) is 56.9 Å². The molecule has 1 saturated carbocycles. The largest absolute Gasteiger partial charge is 0.573 e. The zero-order chi connectivity index (χ0) is 28.7. The molecule has 3 atom stereocenters. The quantitative estimate of drug-likeness (QED) is 0.231. The summed E-state index contributed by atoms with van der Waals surface area (Å²) in [6, 6.07) is 4.71. The molecule has 39 heavy (non-hydrogen) atoms. The number of unbranched alkanes of at least 4 members (excludes halogenated alkanes) is 1. The van der Waals surface area contributed by atoms with Gasteiger partial charge in [0.15, 0.2) is 0 Å². The average molecular weight is 566 g/mol. The Kier molecular flexibility index (Phi) is 10.8. The zero-order valence-electron chi connectivity index (χ0n) is 22.5. The van der Waals surface area contributed by atoms with Crippen molar-refractivity contribution in [2.75, 3.05) is 40.4 Å². The number of nitrogens with one attached hydrogen (secondary N) is 2. The second-order valence-corrected chi connectivity index (χ2v) is 10.8. The van der Waals surface area contributed by atoms with E-state index in [-0.39, 0.29) is 43.8 Å². The third kappa shape index (κ3) is 9.18. The van der Waals surface area contributed by atoms with Gasteiger partial charge in [0.05, 0.1) is 5.60 Å². The smallest absolute Gasteiger partial charge is 0.406 e. The van der Waals surface area contributed by atoms with Gasteiger partial charge in [0.25, 0.3) is 0 Å². The van der Waals surface area contributed by atoms with Crippen molar-refractivity contribution in [3.63, 3.8) is 0 Å². The lowest BCUT2D eigenvalue weighted by Gasteiger charge is -2.43. The molecule has 1 aliphatic carbocycles. The zero-order valence-corrected chi connectivity index (χ0v) is 22.5. The van der Waals surface area contributed by atoms with Gasteiger partial charge in [-0.1, -0.05) is 12.1 Å². The Hall–Kier alpha value is -2.18. The lowest BCUT2D eigenvalue weighted by molar-refractivity contribution is -0.274. The number of likely N-dealkylation sites (tertiary alicyclic amines) is 1. The van der Waals surface area contributed by atoms with Crippen LogP contribution in [0.25, 0.3) is 0 Å². The minimum absolute atomic E-state index is 0.156. The highest BCUT2D eigenvalue weighted by Gasteiger charge is 2.46. The van der Waals surface area contributed by atoms with Gasteiger partial charge in [-0.2, -0.15) is 0 Å². The summed E-state index contributed by atoms with van der Waals surface area (Å²) in [6.07, 6.45) is -2.12. The maximum Gasteiger partial charge on any atom is 0.573 e. The number of rotatable bonds is 13. The van der Waals surface area contributed by atoms with Crippen LogP contribution in [0.3, 0.4) is 0 Å². The van der Waals surface area contributed by atoms with Gasteiger partial charge in [0.2, 0.25) is 5.92 Å². The number of hydrogen-bond donors (Lipinski definition) is 3. The predicted molar refractivity (Wildman–Crippen MR) is 136 cm³/mol. The molecule has 0 bridgehead atoms. The third-order valence-electron chi connectivity index (χ3n) is 7.68. The van der Waals surface area contributed by atoms with E-state index in [1.54, 1.807) is 25.1 Å². The summed E-state index contributed by atoms with van der Waals surface area (Å²) in [6.45, 7) is 1.56. The predicted octanol–water partition coefficient (Wildman–Crippen LogP) is 5.03. The highest BCUT2D eigenvalue weighted by atomic mass is 19.4. The number of halogens is 5. The van der Waals surface area contributed by atoms with Gasteiger partial charge in [-0.25, -0.2) is 13.6 Å². The molecular weight excluding hydrogens is 525 g/mol. The fraction of sp³-hybridized carbons (Fsp3) is 0.741. The van der Waals surface area contributed by atoms with Crippen molar-refractivity contribution >= 4 is 6.03 Å². The average Bonchev–Trinajstić information content (AvgIpc) is 2.84. The highest BCUT2D eigenvalue weighted by Crippen LogP contribution is 2.45. The van der Waals surface area contributed by atoms with Gasteiger partial charge < -0.3 is 30.1 Å². The van der Waals surface area contributed by atoms with Crippen LogP contribution in [0.2, 0.25) is 0 Å². The number of alkyl halides is 5. The molecular formula is C27H40F5N3O4. The number of methoxy groups -OCH3 is 1. The molecule has 0 radical (unpaired) electrons. The van der Waals surface area contributed by atoms with E-state index in [1.807, 2.05) is 0 Å². The Morgan fingerprint density at radius 3 is 2.64 bits per heavy atom. The second kappa shape index (κ2) is 13.5. The van der Waals surface area contributed by atoms with E-state index in [1.165, 1.54) is 18.2 Å². The monoisotopic (exact) mass is 565 g/mol. The van der Waals surface area contributed by atoms with Gasteiger partial charge in [0.1, 0.15) is 5.75 Å². The molecule has 2 fully saturated rings. The Labute approximate surface area is 226 Å². The van der Waals surface area contributed by atoms with Crippen LogP contribution in [-0.4, -0.2) is 74.8 Å². The molecule has 2 aliphatic rings. The number of hydrogen-bond acceptors (Lipinski definition) is 5. The summed E-state index contributed by atoms with van der Waals surface area (Å²) in [4.78, 5) is 14.8. The van der Waals surface area contributed by atoms with Crippen LogP contribution in [0.5, 0.6) is 5.75 Å². The summed E-state index contributed by atoms with van der Waals surface area (Å²) < 4.78 is 74.4. The van der Waals surface area contributed by atoms with Crippen molar-refractivity contribution in [1.82, 2.24) is 15.5 Å². The molecule has 3 rings (SSSR count). The Balaban J connectivity index is 1.73. The van der Waals surface area contributed by atoms with Crippen molar-refractivity contribution in [3.05, 3.63) is 29.8 Å². The molecule has 0 spiro atoms. The van der Waals surface area contributed by atoms with Gasteiger partial charge in [-0.15, -0.1) is 13.2 Å². The molecule has 7 nitrogen and oxygen atoms in total. The minimum Gasteiger partial charge on any atom is -0.406 e. The lowest BCUT2D eigenvalue weighted by atomic mass is 9.74. The number of ether oxygens (including phenoxy) is 2. The van der Waals surface area contributed by atoms with Gasteiger partial charge in [0, 0.05) is 58.2 Å². The fourth-order valence-electron chi connectivity index (χ4n) is 5.80. The number of nitrogens with zero attached hydrogens (tertiary/aromatic N) is 1. The van der Waals surface area contributed by atoms with E-state index >= 15 is 0 Å². The van der Waals surface area contributed by atoms with Crippen LogP contribution in [0, 0.1) is 11.8 Å². The van der Waals surface area contributed by atoms with Gasteiger partial charge in [-0.05, 0) is 69.2 Å².